The Morgan fingerprint density at radius 1 is 0.400 bits per heavy atom. The second-order valence-electron chi connectivity index (χ2n) is 12.9. The zero-order valence-electron chi connectivity index (χ0n) is 27.7. The SMILES string of the molecule is CC1(c2ccccc2)c2ccccc2-c2c1ccc(-c1cccc(-c3cc(-c4ccccc4)nc(-c4ccccc4)n3)c1)c2-c1ccccn1. The molecule has 236 valence electrons. The lowest BCUT2D eigenvalue weighted by molar-refractivity contribution is 0.714. The van der Waals surface area contributed by atoms with E-state index in [-0.39, 0.29) is 5.41 Å². The van der Waals surface area contributed by atoms with Gasteiger partial charge in [-0.05, 0) is 70.1 Å². The zero-order valence-corrected chi connectivity index (χ0v) is 27.7. The highest BCUT2D eigenvalue weighted by molar-refractivity contribution is 6.00. The zero-order chi connectivity index (χ0) is 33.5. The molecule has 8 aromatic rings. The molecule has 50 heavy (non-hydrogen) atoms. The van der Waals surface area contributed by atoms with E-state index in [9.17, 15) is 0 Å². The molecule has 0 saturated carbocycles. The Kier molecular flexibility index (Phi) is 7.25. The quantitative estimate of drug-likeness (QED) is 0.182. The van der Waals surface area contributed by atoms with Gasteiger partial charge in [-0.2, -0.15) is 0 Å². The molecule has 2 heterocycles. The third kappa shape index (κ3) is 4.94. The van der Waals surface area contributed by atoms with Crippen LogP contribution in [0.1, 0.15) is 23.6 Å². The van der Waals surface area contributed by atoms with Crippen molar-refractivity contribution in [1.29, 1.82) is 0 Å². The minimum Gasteiger partial charge on any atom is -0.256 e. The molecule has 1 atom stereocenters. The molecular weight excluding hydrogens is 607 g/mol. The minimum atomic E-state index is -0.306. The fourth-order valence-corrected chi connectivity index (χ4v) is 7.60. The number of fused-ring (bicyclic) bond motifs is 3. The summed E-state index contributed by atoms with van der Waals surface area (Å²) in [6.07, 6.45) is 1.89. The Labute approximate surface area is 292 Å². The number of nitrogens with zero attached hydrogens (tertiary/aromatic N) is 3. The van der Waals surface area contributed by atoms with Crippen LogP contribution in [0.5, 0.6) is 0 Å². The first-order chi connectivity index (χ1) is 24.7. The van der Waals surface area contributed by atoms with Crippen LogP contribution in [0.15, 0.2) is 182 Å². The monoisotopic (exact) mass is 639 g/mol. The smallest absolute Gasteiger partial charge is 0.160 e. The second-order valence-corrected chi connectivity index (χ2v) is 12.9. The van der Waals surface area contributed by atoms with E-state index >= 15 is 0 Å². The van der Waals surface area contributed by atoms with Crippen molar-refractivity contribution in [2.24, 2.45) is 0 Å². The highest BCUT2D eigenvalue weighted by Gasteiger charge is 2.42. The maximum Gasteiger partial charge on any atom is 0.160 e. The first-order valence-corrected chi connectivity index (χ1v) is 17.0. The van der Waals surface area contributed by atoms with Crippen LogP contribution in [-0.4, -0.2) is 15.0 Å². The molecule has 3 nitrogen and oxygen atoms in total. The summed E-state index contributed by atoms with van der Waals surface area (Å²) < 4.78 is 0. The van der Waals surface area contributed by atoms with Gasteiger partial charge in [0.05, 0.1) is 17.1 Å². The van der Waals surface area contributed by atoms with Crippen molar-refractivity contribution >= 4 is 0 Å². The summed E-state index contributed by atoms with van der Waals surface area (Å²) in [4.78, 5) is 15.1. The van der Waals surface area contributed by atoms with E-state index in [0.717, 1.165) is 50.5 Å². The van der Waals surface area contributed by atoms with Gasteiger partial charge < -0.3 is 0 Å². The van der Waals surface area contributed by atoms with Gasteiger partial charge >= 0.3 is 0 Å². The number of rotatable bonds is 6. The van der Waals surface area contributed by atoms with Crippen molar-refractivity contribution in [3.63, 3.8) is 0 Å². The third-order valence-electron chi connectivity index (χ3n) is 10.0. The summed E-state index contributed by atoms with van der Waals surface area (Å²) in [5.41, 5.74) is 15.3. The predicted molar refractivity (Wildman–Crippen MR) is 204 cm³/mol. The summed E-state index contributed by atoms with van der Waals surface area (Å²) >= 11 is 0. The van der Waals surface area contributed by atoms with Crippen LogP contribution < -0.4 is 0 Å². The lowest BCUT2D eigenvalue weighted by Gasteiger charge is -2.28. The molecule has 2 aromatic heterocycles. The minimum absolute atomic E-state index is 0.306. The van der Waals surface area contributed by atoms with Crippen molar-refractivity contribution in [2.45, 2.75) is 12.3 Å². The van der Waals surface area contributed by atoms with Gasteiger partial charge in [0.25, 0.3) is 0 Å². The van der Waals surface area contributed by atoms with Gasteiger partial charge in [-0.1, -0.05) is 152 Å². The molecule has 6 aromatic carbocycles. The first kappa shape index (κ1) is 29.7. The van der Waals surface area contributed by atoms with Gasteiger partial charge in [0, 0.05) is 33.9 Å². The van der Waals surface area contributed by atoms with Crippen LogP contribution in [0.2, 0.25) is 0 Å². The van der Waals surface area contributed by atoms with Gasteiger partial charge in [0.15, 0.2) is 5.82 Å². The Morgan fingerprint density at radius 2 is 1.02 bits per heavy atom. The van der Waals surface area contributed by atoms with Gasteiger partial charge in [0.1, 0.15) is 0 Å². The maximum atomic E-state index is 5.13. The summed E-state index contributed by atoms with van der Waals surface area (Å²) in [6.45, 7) is 2.36. The Morgan fingerprint density at radius 3 is 1.76 bits per heavy atom. The molecule has 0 aliphatic heterocycles. The average molecular weight is 640 g/mol. The molecule has 0 spiro atoms. The lowest BCUT2D eigenvalue weighted by atomic mass is 9.74. The summed E-state index contributed by atoms with van der Waals surface area (Å²) in [5, 5.41) is 0. The molecule has 0 saturated heterocycles. The Balaban J connectivity index is 1.26. The van der Waals surface area contributed by atoms with Crippen molar-refractivity contribution < 1.29 is 0 Å². The molecule has 1 aliphatic carbocycles. The molecule has 0 bridgehead atoms. The highest BCUT2D eigenvalue weighted by atomic mass is 14.9. The van der Waals surface area contributed by atoms with E-state index in [2.05, 4.69) is 140 Å². The van der Waals surface area contributed by atoms with E-state index in [4.69, 9.17) is 15.0 Å². The lowest BCUT2D eigenvalue weighted by Crippen LogP contribution is -2.22. The molecule has 0 N–H and O–H groups in total. The van der Waals surface area contributed by atoms with Crippen LogP contribution in [-0.2, 0) is 5.41 Å². The third-order valence-corrected chi connectivity index (χ3v) is 10.0. The van der Waals surface area contributed by atoms with Gasteiger partial charge in [-0.15, -0.1) is 0 Å². The predicted octanol–water partition coefficient (Wildman–Crippen LogP) is 11.5. The fraction of sp³-hybridized carbons (Fsp3) is 0.0426. The van der Waals surface area contributed by atoms with Crippen LogP contribution >= 0.6 is 0 Å². The Hall–Kier alpha value is -6.45. The second kappa shape index (κ2) is 12.2. The average Bonchev–Trinajstić information content (AvgIpc) is 3.47. The topological polar surface area (TPSA) is 38.7 Å². The molecule has 0 radical (unpaired) electrons. The van der Waals surface area contributed by atoms with Crippen molar-refractivity contribution in [3.05, 3.63) is 199 Å². The van der Waals surface area contributed by atoms with Crippen molar-refractivity contribution in [1.82, 2.24) is 15.0 Å². The standard InChI is InChI=1S/C47H33N3/c1-47(36-22-9-4-10-23-36)39-25-12-11-24-38(39)44-40(47)28-27-37(45(44)41-26-13-14-29-48-41)34-20-15-21-35(30-34)43-31-42(32-16-5-2-6-17-32)49-46(50-43)33-18-7-3-8-19-33/h2-31H,1H3. The van der Waals surface area contributed by atoms with Crippen LogP contribution in [0.25, 0.3) is 67.4 Å². The molecular formula is C47H33N3. The summed E-state index contributed by atoms with van der Waals surface area (Å²) in [7, 11) is 0. The normalized spacial score (nSPS) is 14.6. The summed E-state index contributed by atoms with van der Waals surface area (Å²) in [5.74, 6) is 0.705. The number of pyridine rings is 1. The van der Waals surface area contributed by atoms with E-state index in [0.29, 0.717) is 5.82 Å². The highest BCUT2D eigenvalue weighted by Crippen LogP contribution is 2.56. The molecule has 1 aliphatic rings. The van der Waals surface area contributed by atoms with Crippen molar-refractivity contribution in [2.75, 3.05) is 0 Å². The molecule has 3 heteroatoms. The number of hydrogen-bond acceptors (Lipinski definition) is 3. The number of benzene rings is 6. The van der Waals surface area contributed by atoms with E-state index in [1.54, 1.807) is 0 Å². The van der Waals surface area contributed by atoms with Crippen LogP contribution in [0.4, 0.5) is 0 Å². The van der Waals surface area contributed by atoms with E-state index in [1.807, 2.05) is 48.7 Å². The number of hydrogen-bond donors (Lipinski definition) is 0. The molecule has 1 unspecified atom stereocenters. The van der Waals surface area contributed by atoms with E-state index in [1.165, 1.54) is 27.8 Å². The Bertz CT molecular complexity index is 2420. The van der Waals surface area contributed by atoms with Gasteiger partial charge in [-0.25, -0.2) is 9.97 Å². The molecule has 9 rings (SSSR count). The van der Waals surface area contributed by atoms with Gasteiger partial charge in [-0.3, -0.25) is 4.98 Å². The largest absolute Gasteiger partial charge is 0.256 e. The molecule has 0 fully saturated rings. The first-order valence-electron chi connectivity index (χ1n) is 17.0. The number of aromatic nitrogens is 3. The van der Waals surface area contributed by atoms with Crippen LogP contribution in [0.3, 0.4) is 0 Å². The molecule has 0 amide bonds. The maximum absolute atomic E-state index is 5.13. The fourth-order valence-electron chi connectivity index (χ4n) is 7.60. The van der Waals surface area contributed by atoms with Gasteiger partial charge in [0.2, 0.25) is 0 Å². The van der Waals surface area contributed by atoms with E-state index < -0.39 is 0 Å². The summed E-state index contributed by atoms with van der Waals surface area (Å²) in [6, 6.07) is 61.9. The van der Waals surface area contributed by atoms with Crippen LogP contribution in [0, 0.1) is 0 Å². The van der Waals surface area contributed by atoms with Crippen molar-refractivity contribution in [3.8, 4) is 67.4 Å².